The molecule has 0 atom stereocenters. The van der Waals surface area contributed by atoms with Crippen LogP contribution in [0.3, 0.4) is 0 Å². The molecule has 6 heteroatoms. The molecule has 0 aliphatic carbocycles. The number of hydrogen-bond donors (Lipinski definition) is 2. The number of carbonyl (C=O) groups is 1. The van der Waals surface area contributed by atoms with Gasteiger partial charge in [0.05, 0.1) is 10.3 Å². The molecule has 2 aromatic carbocycles. The Labute approximate surface area is 142 Å². The van der Waals surface area contributed by atoms with E-state index in [-0.39, 0.29) is 10.8 Å². The molecule has 1 amide bonds. The number of nitrogens with one attached hydrogen (secondary N) is 2. The summed E-state index contributed by atoms with van der Waals surface area (Å²) in [6.45, 7) is 5.60. The van der Waals surface area contributed by atoms with Gasteiger partial charge in [-0.15, -0.1) is 0 Å². The Bertz CT molecular complexity index is 900. The summed E-state index contributed by atoms with van der Waals surface area (Å²) in [6, 6.07) is 12.0. The van der Waals surface area contributed by atoms with Crippen LogP contribution >= 0.6 is 0 Å². The predicted molar refractivity (Wildman–Crippen MR) is 94.7 cm³/mol. The maximum Gasteiger partial charge on any atom is 0.261 e. The zero-order chi connectivity index (χ0) is 17.5. The highest BCUT2D eigenvalue weighted by atomic mass is 32.2. The number of rotatable bonds is 4. The van der Waals surface area contributed by atoms with Crippen molar-refractivity contribution in [1.29, 1.82) is 0 Å². The summed E-state index contributed by atoms with van der Waals surface area (Å²) in [7, 11) is -3.71. The molecule has 0 saturated heterocycles. The molecular weight excluding hydrogens is 324 g/mol. The van der Waals surface area contributed by atoms with Crippen LogP contribution in [0.5, 0.6) is 0 Å². The molecule has 2 aromatic rings. The van der Waals surface area contributed by atoms with E-state index in [0.29, 0.717) is 16.9 Å². The van der Waals surface area contributed by atoms with E-state index in [0.717, 1.165) is 12.0 Å². The summed E-state index contributed by atoms with van der Waals surface area (Å²) in [6.07, 6.45) is 0.897. The molecule has 0 spiro atoms. The summed E-state index contributed by atoms with van der Waals surface area (Å²) < 4.78 is 27.8. The number of amides is 1. The first-order valence-electron chi connectivity index (χ1n) is 7.82. The molecule has 24 heavy (non-hydrogen) atoms. The average molecular weight is 344 g/mol. The van der Waals surface area contributed by atoms with Crippen LogP contribution in [0.1, 0.15) is 31.9 Å². The highest BCUT2D eigenvalue weighted by Crippen LogP contribution is 2.38. The maximum absolute atomic E-state index is 12.6. The van der Waals surface area contributed by atoms with Crippen LogP contribution in [-0.4, -0.2) is 14.3 Å². The quantitative estimate of drug-likeness (QED) is 0.894. The smallest absolute Gasteiger partial charge is 0.261 e. The third-order valence-electron chi connectivity index (χ3n) is 4.40. The number of hydrogen-bond acceptors (Lipinski definition) is 3. The van der Waals surface area contributed by atoms with Crippen molar-refractivity contribution in [2.24, 2.45) is 0 Å². The van der Waals surface area contributed by atoms with E-state index in [1.807, 2.05) is 19.1 Å². The van der Waals surface area contributed by atoms with Gasteiger partial charge in [0.1, 0.15) is 0 Å². The van der Waals surface area contributed by atoms with Crippen molar-refractivity contribution in [3.63, 3.8) is 0 Å². The lowest BCUT2D eigenvalue weighted by Crippen LogP contribution is -2.27. The zero-order valence-electron chi connectivity index (χ0n) is 13.9. The van der Waals surface area contributed by atoms with Crippen molar-refractivity contribution in [3.05, 3.63) is 53.6 Å². The predicted octanol–water partition coefficient (Wildman–Crippen LogP) is 3.28. The van der Waals surface area contributed by atoms with Crippen LogP contribution in [-0.2, 0) is 26.7 Å². The first-order chi connectivity index (χ1) is 11.2. The van der Waals surface area contributed by atoms with Gasteiger partial charge in [0, 0.05) is 11.4 Å². The third kappa shape index (κ3) is 2.78. The summed E-state index contributed by atoms with van der Waals surface area (Å²) >= 11 is 0. The highest BCUT2D eigenvalue weighted by molar-refractivity contribution is 7.92. The van der Waals surface area contributed by atoms with Crippen molar-refractivity contribution < 1.29 is 13.2 Å². The monoisotopic (exact) mass is 344 g/mol. The van der Waals surface area contributed by atoms with Gasteiger partial charge < -0.3 is 5.32 Å². The molecule has 0 fully saturated rings. The SMILES string of the molecule is CCc1ccc(NS(=O)(=O)c2ccc3c(c2)C(C)(C)C(=O)N3)cc1. The van der Waals surface area contributed by atoms with Crippen LogP contribution in [0, 0.1) is 0 Å². The minimum Gasteiger partial charge on any atom is -0.325 e. The van der Waals surface area contributed by atoms with E-state index in [2.05, 4.69) is 10.0 Å². The van der Waals surface area contributed by atoms with Crippen molar-refractivity contribution in [3.8, 4) is 0 Å². The van der Waals surface area contributed by atoms with E-state index in [9.17, 15) is 13.2 Å². The highest BCUT2D eigenvalue weighted by Gasteiger charge is 2.39. The summed E-state index contributed by atoms with van der Waals surface area (Å²) in [5, 5.41) is 2.77. The van der Waals surface area contributed by atoms with E-state index in [1.165, 1.54) is 6.07 Å². The summed E-state index contributed by atoms with van der Waals surface area (Å²) in [4.78, 5) is 12.1. The number of carbonyl (C=O) groups excluding carboxylic acids is 1. The second kappa shape index (κ2) is 5.63. The molecule has 0 unspecified atom stereocenters. The van der Waals surface area contributed by atoms with Crippen LogP contribution in [0.25, 0.3) is 0 Å². The first-order valence-corrected chi connectivity index (χ1v) is 9.30. The van der Waals surface area contributed by atoms with Crippen LogP contribution < -0.4 is 10.0 Å². The maximum atomic E-state index is 12.6. The van der Waals surface area contributed by atoms with Crippen molar-refractivity contribution in [1.82, 2.24) is 0 Å². The van der Waals surface area contributed by atoms with Crippen molar-refractivity contribution in [2.45, 2.75) is 37.5 Å². The Morgan fingerprint density at radius 2 is 1.75 bits per heavy atom. The lowest BCUT2D eigenvalue weighted by Gasteiger charge is -2.16. The largest absolute Gasteiger partial charge is 0.325 e. The average Bonchev–Trinajstić information content (AvgIpc) is 2.77. The van der Waals surface area contributed by atoms with Gasteiger partial charge in [0.15, 0.2) is 0 Å². The number of benzene rings is 2. The molecule has 0 radical (unpaired) electrons. The van der Waals surface area contributed by atoms with Crippen molar-refractivity contribution >= 4 is 27.3 Å². The standard InChI is InChI=1S/C18H20N2O3S/c1-4-12-5-7-13(8-6-12)20-24(22,23)14-9-10-16-15(11-14)18(2,3)17(21)19-16/h5-11,20H,4H2,1-3H3,(H,19,21). The summed E-state index contributed by atoms with van der Waals surface area (Å²) in [5.74, 6) is -0.129. The van der Waals surface area contributed by atoms with Gasteiger partial charge in [0.2, 0.25) is 5.91 Å². The molecule has 0 aromatic heterocycles. The molecule has 0 saturated carbocycles. The fourth-order valence-electron chi connectivity index (χ4n) is 2.74. The minimum absolute atomic E-state index is 0.129. The van der Waals surface area contributed by atoms with E-state index in [1.54, 1.807) is 38.1 Å². The van der Waals surface area contributed by atoms with Crippen LogP contribution in [0.2, 0.25) is 0 Å². The van der Waals surface area contributed by atoms with Crippen molar-refractivity contribution in [2.75, 3.05) is 10.0 Å². The Morgan fingerprint density at radius 3 is 2.38 bits per heavy atom. The second-order valence-electron chi connectivity index (χ2n) is 6.44. The second-order valence-corrected chi connectivity index (χ2v) is 8.12. The molecule has 5 nitrogen and oxygen atoms in total. The molecular formula is C18H20N2O3S. The van der Waals surface area contributed by atoms with Crippen LogP contribution in [0.15, 0.2) is 47.4 Å². The lowest BCUT2D eigenvalue weighted by atomic mass is 9.86. The van der Waals surface area contributed by atoms with Gasteiger partial charge in [-0.3, -0.25) is 9.52 Å². The molecule has 1 aliphatic rings. The van der Waals surface area contributed by atoms with E-state index < -0.39 is 15.4 Å². The number of aryl methyl sites for hydroxylation is 1. The fourth-order valence-corrected chi connectivity index (χ4v) is 3.82. The topological polar surface area (TPSA) is 75.3 Å². The number of fused-ring (bicyclic) bond motifs is 1. The molecule has 1 heterocycles. The van der Waals surface area contributed by atoms with Gasteiger partial charge in [0.25, 0.3) is 10.0 Å². The van der Waals surface area contributed by atoms with Gasteiger partial charge in [-0.05, 0) is 61.7 Å². The van der Waals surface area contributed by atoms with E-state index >= 15 is 0 Å². The Hall–Kier alpha value is -2.34. The first kappa shape index (κ1) is 16.5. The molecule has 3 rings (SSSR count). The van der Waals surface area contributed by atoms with Gasteiger partial charge >= 0.3 is 0 Å². The normalized spacial score (nSPS) is 15.7. The Balaban J connectivity index is 1.93. The van der Waals surface area contributed by atoms with Gasteiger partial charge in [-0.2, -0.15) is 0 Å². The summed E-state index contributed by atoms with van der Waals surface area (Å²) in [5.41, 5.74) is 2.26. The Kier molecular flexibility index (Phi) is 3.87. The van der Waals surface area contributed by atoms with Crippen LogP contribution in [0.4, 0.5) is 11.4 Å². The zero-order valence-corrected chi connectivity index (χ0v) is 14.7. The number of sulfonamides is 1. The molecule has 0 bridgehead atoms. The minimum atomic E-state index is -3.71. The third-order valence-corrected chi connectivity index (χ3v) is 5.78. The molecule has 126 valence electrons. The molecule has 2 N–H and O–H groups in total. The lowest BCUT2D eigenvalue weighted by molar-refractivity contribution is -0.119. The Morgan fingerprint density at radius 1 is 1.08 bits per heavy atom. The molecule has 1 aliphatic heterocycles. The van der Waals surface area contributed by atoms with Gasteiger partial charge in [-0.25, -0.2) is 8.42 Å². The van der Waals surface area contributed by atoms with Gasteiger partial charge in [-0.1, -0.05) is 19.1 Å². The fraction of sp³-hybridized carbons (Fsp3) is 0.278. The van der Waals surface area contributed by atoms with E-state index in [4.69, 9.17) is 0 Å². The number of anilines is 2.